The molecule has 63 heavy (non-hydrogen) atoms. The highest BCUT2D eigenvalue weighted by Gasteiger charge is 2.54. The van der Waals surface area contributed by atoms with Gasteiger partial charge in [-0.05, 0) is 69.8 Å². The molecule has 0 atom stereocenters. The van der Waals surface area contributed by atoms with Gasteiger partial charge >= 0.3 is 40.4 Å². The van der Waals surface area contributed by atoms with Crippen molar-refractivity contribution in [2.75, 3.05) is 13.2 Å². The Labute approximate surface area is 348 Å². The van der Waals surface area contributed by atoms with Gasteiger partial charge in [0.25, 0.3) is 0 Å². The van der Waals surface area contributed by atoms with Crippen LogP contribution in [0.3, 0.4) is 0 Å². The van der Waals surface area contributed by atoms with Gasteiger partial charge in [0.1, 0.15) is 0 Å². The molecule has 0 aliphatic heterocycles. The Hall–Kier alpha value is -6.41. The van der Waals surface area contributed by atoms with Gasteiger partial charge in [0.05, 0.1) is 37.4 Å². The average molecular weight is 925 g/mol. The monoisotopic (exact) mass is 924 g/mol. The zero-order chi connectivity index (χ0) is 46.6. The zero-order valence-corrected chi connectivity index (χ0v) is 32.5. The Kier molecular flexibility index (Phi) is 16.5. The highest BCUT2D eigenvalue weighted by Crippen LogP contribution is 2.31. The van der Waals surface area contributed by atoms with E-state index in [1.165, 1.54) is 29.1 Å². The van der Waals surface area contributed by atoms with Crippen molar-refractivity contribution in [3.8, 4) is 22.8 Å². The minimum Gasteiger partial charge on any atom is -0.476 e. The maximum atomic E-state index is 12.7. The van der Waals surface area contributed by atoms with Crippen LogP contribution >= 0.6 is 0 Å². The van der Waals surface area contributed by atoms with Gasteiger partial charge in [-0.2, -0.15) is 61.9 Å². The van der Waals surface area contributed by atoms with Crippen LogP contribution in [-0.2, 0) is 58.0 Å². The molecule has 2 heterocycles. The smallest absolute Gasteiger partial charge is 0.470 e. The van der Waals surface area contributed by atoms with Crippen LogP contribution < -0.4 is 0 Å². The van der Waals surface area contributed by atoms with E-state index in [-0.39, 0.29) is 26.3 Å². The third-order valence-corrected chi connectivity index (χ3v) is 8.95. The summed E-state index contributed by atoms with van der Waals surface area (Å²) in [4.78, 5) is 11.7. The van der Waals surface area contributed by atoms with E-state index in [9.17, 15) is 61.0 Å². The number of halogens is 11. The molecule has 14 nitrogen and oxygen atoms in total. The molecule has 0 bridgehead atoms. The summed E-state index contributed by atoms with van der Waals surface area (Å²) < 4.78 is 157. The van der Waals surface area contributed by atoms with E-state index in [1.807, 2.05) is 30.3 Å². The van der Waals surface area contributed by atoms with E-state index in [0.29, 0.717) is 35.6 Å². The number of aliphatic carboxylic acids is 1. The molecule has 0 fully saturated rings. The SMILES string of the molecule is FC(F)OCCn1nnc(-c2ccccc2Cc2ccc(C(F)(F)F)cc2)n1.O=C(O)C(F)(F)S(=O)(=O)F.OCCn1nnc(-c2ccccc2Cc2ccc(C(F)(F)F)cc2)n1. The van der Waals surface area contributed by atoms with Crippen LogP contribution in [0.5, 0.6) is 0 Å². The number of nitrogens with zero attached hydrogens (tertiary/aromatic N) is 8. The standard InChI is InChI=1S/C18H15F5N4O.C17H15F3N4O.C2HF3O4S/c19-17(20)28-10-9-27-25-16(24-26-27)15-4-2-1-3-13(15)11-12-5-7-14(8-6-12)18(21,22)23;18-17(19,20)14-7-5-12(6-8-14)11-13-3-1-2-4-15(13)16-21-23-24(22-16)9-10-25;3-2(4,1(6)7)10(5,8)9/h1-8,17H,9-11H2;1-8,25H,9-11H2;(H,6,7). The topological polar surface area (TPSA) is 188 Å². The predicted octanol–water partition coefficient (Wildman–Crippen LogP) is 7.09. The normalized spacial score (nSPS) is 12.0. The van der Waals surface area contributed by atoms with Crippen molar-refractivity contribution in [3.63, 3.8) is 0 Å². The summed E-state index contributed by atoms with van der Waals surface area (Å²) in [7, 11) is -6.33. The number of ether oxygens (including phenoxy) is 1. The van der Waals surface area contributed by atoms with Crippen molar-refractivity contribution in [1.29, 1.82) is 0 Å². The number of carboxylic acids is 1. The summed E-state index contributed by atoms with van der Waals surface area (Å²) in [6.07, 6.45) is -7.90. The molecule has 4 aromatic carbocycles. The van der Waals surface area contributed by atoms with Crippen molar-refractivity contribution in [1.82, 2.24) is 40.4 Å². The number of hydrogen-bond donors (Lipinski definition) is 2. The molecule has 0 saturated carbocycles. The summed E-state index contributed by atoms with van der Waals surface area (Å²) in [5.41, 5.74) is 3.16. The number of aliphatic hydroxyl groups is 1. The molecular weight excluding hydrogens is 894 g/mol. The van der Waals surface area contributed by atoms with E-state index >= 15 is 0 Å². The Balaban J connectivity index is 0.000000229. The molecule has 0 spiro atoms. The molecule has 6 aromatic rings. The Morgan fingerprint density at radius 1 is 0.651 bits per heavy atom. The van der Waals surface area contributed by atoms with Crippen LogP contribution in [-0.4, -0.2) is 90.1 Å². The van der Waals surface area contributed by atoms with Crippen LogP contribution in [0.15, 0.2) is 97.1 Å². The molecule has 0 saturated heterocycles. The van der Waals surface area contributed by atoms with Gasteiger partial charge in [0.15, 0.2) is 0 Å². The number of rotatable bonds is 14. The molecule has 0 aliphatic rings. The van der Waals surface area contributed by atoms with Gasteiger partial charge in [-0.1, -0.05) is 76.7 Å². The third kappa shape index (κ3) is 14.3. The number of tetrazole rings is 2. The minimum atomic E-state index is -6.33. The van der Waals surface area contributed by atoms with Gasteiger partial charge in [0, 0.05) is 11.1 Å². The first kappa shape index (κ1) is 49.2. The predicted molar refractivity (Wildman–Crippen MR) is 197 cm³/mol. The fourth-order valence-corrected chi connectivity index (χ4v) is 5.37. The third-order valence-electron chi connectivity index (χ3n) is 8.16. The summed E-state index contributed by atoms with van der Waals surface area (Å²) in [5, 5.41) is 34.9. The van der Waals surface area contributed by atoms with E-state index in [1.54, 1.807) is 18.2 Å². The van der Waals surface area contributed by atoms with Crippen molar-refractivity contribution in [2.24, 2.45) is 0 Å². The van der Waals surface area contributed by atoms with Crippen LogP contribution in [0.2, 0.25) is 0 Å². The second-order valence-electron chi connectivity index (χ2n) is 12.6. The number of carbonyl (C=O) groups is 1. The molecule has 2 N–H and O–H groups in total. The van der Waals surface area contributed by atoms with Gasteiger partial charge in [-0.15, -0.1) is 20.4 Å². The summed E-state index contributed by atoms with van der Waals surface area (Å²) >= 11 is 0. The van der Waals surface area contributed by atoms with Gasteiger partial charge in [-0.3, -0.25) is 0 Å². The molecule has 26 heteroatoms. The summed E-state index contributed by atoms with van der Waals surface area (Å²) in [6.45, 7) is -2.97. The number of benzene rings is 4. The average Bonchev–Trinajstić information content (AvgIpc) is 3.88. The van der Waals surface area contributed by atoms with Crippen molar-refractivity contribution < 1.29 is 76.0 Å². The molecule has 2 aromatic heterocycles. The second kappa shape index (κ2) is 21.1. The molecular formula is C37H31F11N8O6S. The van der Waals surface area contributed by atoms with Gasteiger partial charge in [0.2, 0.25) is 11.6 Å². The van der Waals surface area contributed by atoms with Crippen LogP contribution in [0.4, 0.5) is 47.8 Å². The maximum Gasteiger partial charge on any atom is 0.470 e. The van der Waals surface area contributed by atoms with Crippen molar-refractivity contribution >= 4 is 16.2 Å². The number of hydrogen-bond acceptors (Lipinski definition) is 11. The Bertz CT molecular complexity index is 2520. The highest BCUT2D eigenvalue weighted by atomic mass is 32.3. The van der Waals surface area contributed by atoms with Crippen molar-refractivity contribution in [2.45, 2.75) is 50.1 Å². The molecule has 6 rings (SSSR count). The highest BCUT2D eigenvalue weighted by molar-refractivity contribution is 7.88. The van der Waals surface area contributed by atoms with E-state index in [0.717, 1.165) is 51.3 Å². The maximum absolute atomic E-state index is 12.7. The second-order valence-corrected chi connectivity index (χ2v) is 14.0. The number of aromatic nitrogens is 8. The lowest BCUT2D eigenvalue weighted by atomic mass is 9.98. The van der Waals surface area contributed by atoms with E-state index in [2.05, 4.69) is 35.6 Å². The van der Waals surface area contributed by atoms with Gasteiger partial charge < -0.3 is 14.9 Å². The Morgan fingerprint density at radius 2 is 1.05 bits per heavy atom. The lowest BCUT2D eigenvalue weighted by molar-refractivity contribution is -0.154. The van der Waals surface area contributed by atoms with Gasteiger partial charge in [-0.25, -0.2) is 4.79 Å². The fraction of sp³-hybridized carbons (Fsp3) is 0.270. The number of aliphatic hydroxyl groups excluding tert-OH is 1. The zero-order valence-electron chi connectivity index (χ0n) is 31.7. The molecule has 0 aliphatic carbocycles. The molecule has 0 radical (unpaired) electrons. The minimum absolute atomic E-state index is 0.0123. The quantitative estimate of drug-likeness (QED) is 0.0835. The number of carboxylic acid groups (broad SMARTS) is 1. The molecule has 338 valence electrons. The van der Waals surface area contributed by atoms with Crippen LogP contribution in [0.25, 0.3) is 22.8 Å². The molecule has 0 unspecified atom stereocenters. The summed E-state index contributed by atoms with van der Waals surface area (Å²) in [5.74, 6) is -2.33. The van der Waals surface area contributed by atoms with Crippen molar-refractivity contribution in [3.05, 3.63) is 130 Å². The fourth-order valence-electron chi connectivity index (χ4n) is 5.16. The van der Waals surface area contributed by atoms with Crippen LogP contribution in [0, 0.1) is 0 Å². The largest absolute Gasteiger partial charge is 0.476 e. The van der Waals surface area contributed by atoms with E-state index in [4.69, 9.17) is 10.2 Å². The lowest BCUT2D eigenvalue weighted by Crippen LogP contribution is -2.34. The molecule has 0 amide bonds. The van der Waals surface area contributed by atoms with E-state index < -0.39 is 51.5 Å². The first-order valence-corrected chi connectivity index (χ1v) is 19.0. The first-order valence-electron chi connectivity index (χ1n) is 17.6. The number of alkyl halides is 10. The van der Waals surface area contributed by atoms with Crippen LogP contribution in [0.1, 0.15) is 33.4 Å². The lowest BCUT2D eigenvalue weighted by Gasteiger charge is -2.09. The summed E-state index contributed by atoms with van der Waals surface area (Å²) in [6, 6.07) is 24.5. The Morgan fingerprint density at radius 3 is 1.38 bits per heavy atom. The first-order chi connectivity index (χ1) is 29.5.